The second-order valence-electron chi connectivity index (χ2n) is 9.30. The van der Waals surface area contributed by atoms with E-state index >= 15 is 0 Å². The minimum Gasteiger partial charge on any atom is -0.352 e. The smallest absolute Gasteiger partial charge is 0.258 e. The van der Waals surface area contributed by atoms with Gasteiger partial charge in [0.15, 0.2) is 0 Å². The Morgan fingerprint density at radius 3 is 2.17 bits per heavy atom. The van der Waals surface area contributed by atoms with Crippen molar-refractivity contribution < 1.29 is 9.59 Å². The van der Waals surface area contributed by atoms with E-state index in [4.69, 9.17) is 0 Å². The number of nitrogens with zero attached hydrogens (tertiary/aromatic N) is 1. The first-order chi connectivity index (χ1) is 17.4. The predicted octanol–water partition coefficient (Wildman–Crippen LogP) is 6.32. The summed E-state index contributed by atoms with van der Waals surface area (Å²) in [6.45, 7) is 6.97. The number of carbonyl (C=O) groups excluding carboxylic acids is 2. The van der Waals surface area contributed by atoms with E-state index in [0.29, 0.717) is 18.7 Å². The number of amides is 2. The van der Waals surface area contributed by atoms with Crippen LogP contribution in [0.1, 0.15) is 43.7 Å². The molecule has 0 bridgehead atoms. The molecule has 0 aliphatic carbocycles. The Morgan fingerprint density at radius 1 is 0.694 bits per heavy atom. The van der Waals surface area contributed by atoms with Crippen molar-refractivity contribution in [3.8, 4) is 0 Å². The van der Waals surface area contributed by atoms with Crippen molar-refractivity contribution in [1.82, 2.24) is 5.32 Å². The van der Waals surface area contributed by atoms with Gasteiger partial charge in [-0.25, -0.2) is 0 Å². The van der Waals surface area contributed by atoms with E-state index in [0.717, 1.165) is 27.9 Å². The van der Waals surface area contributed by atoms with Crippen LogP contribution >= 0.6 is 0 Å². The maximum Gasteiger partial charge on any atom is 0.258 e. The van der Waals surface area contributed by atoms with Crippen molar-refractivity contribution in [3.05, 3.63) is 136 Å². The molecule has 36 heavy (non-hydrogen) atoms. The Labute approximate surface area is 213 Å². The van der Waals surface area contributed by atoms with Crippen LogP contribution in [0.4, 0.5) is 5.69 Å². The first-order valence-electron chi connectivity index (χ1n) is 12.2. The van der Waals surface area contributed by atoms with Gasteiger partial charge in [-0.1, -0.05) is 90.0 Å². The predicted molar refractivity (Wildman–Crippen MR) is 146 cm³/mol. The molecule has 0 aromatic heterocycles. The van der Waals surface area contributed by atoms with E-state index in [-0.39, 0.29) is 18.2 Å². The molecule has 4 rings (SSSR count). The summed E-state index contributed by atoms with van der Waals surface area (Å²) < 4.78 is 0. The molecule has 4 aromatic carbocycles. The summed E-state index contributed by atoms with van der Waals surface area (Å²) in [6.07, 6.45) is 0.247. The van der Waals surface area contributed by atoms with Crippen LogP contribution in [0.2, 0.25) is 0 Å². The number of aryl methyl sites for hydroxylation is 3. The van der Waals surface area contributed by atoms with Gasteiger partial charge in [-0.2, -0.15) is 0 Å². The normalized spacial score (nSPS) is 10.6. The molecule has 0 unspecified atom stereocenters. The number of anilines is 1. The molecule has 0 fully saturated rings. The number of hydrogen-bond donors (Lipinski definition) is 1. The monoisotopic (exact) mass is 476 g/mol. The van der Waals surface area contributed by atoms with Gasteiger partial charge < -0.3 is 10.2 Å². The summed E-state index contributed by atoms with van der Waals surface area (Å²) >= 11 is 0. The highest BCUT2D eigenvalue weighted by molar-refractivity contribution is 6.07. The maximum atomic E-state index is 13.7. The second-order valence-corrected chi connectivity index (χ2v) is 9.30. The molecule has 0 spiro atoms. The molecule has 1 N–H and O–H groups in total. The summed E-state index contributed by atoms with van der Waals surface area (Å²) in [4.78, 5) is 28.2. The Morgan fingerprint density at radius 2 is 1.42 bits per heavy atom. The number of nitrogens with one attached hydrogen (secondary N) is 1. The van der Waals surface area contributed by atoms with E-state index in [1.54, 1.807) is 4.90 Å². The molecule has 0 saturated carbocycles. The summed E-state index contributed by atoms with van der Waals surface area (Å²) in [5.74, 6) is -0.112. The Kier molecular flexibility index (Phi) is 7.96. The molecule has 4 nitrogen and oxygen atoms in total. The average Bonchev–Trinajstić information content (AvgIpc) is 2.87. The first-order valence-corrected chi connectivity index (χ1v) is 12.2. The van der Waals surface area contributed by atoms with Crippen LogP contribution in [-0.2, 0) is 24.3 Å². The van der Waals surface area contributed by atoms with Gasteiger partial charge in [0.1, 0.15) is 0 Å². The lowest BCUT2D eigenvalue weighted by molar-refractivity contribution is -0.120. The van der Waals surface area contributed by atoms with Crippen LogP contribution in [0.3, 0.4) is 0 Å². The topological polar surface area (TPSA) is 49.4 Å². The van der Waals surface area contributed by atoms with Gasteiger partial charge >= 0.3 is 0 Å². The van der Waals surface area contributed by atoms with Crippen LogP contribution in [0.15, 0.2) is 97.1 Å². The number of hydrogen-bond acceptors (Lipinski definition) is 2. The SMILES string of the molecule is Cc1ccc(CN(C(=O)c2ccccc2C)c2cccc(CC(=O)NCc3cccc(C)c3)c2)cc1. The maximum absolute atomic E-state index is 13.7. The molecule has 2 amide bonds. The van der Waals surface area contributed by atoms with Gasteiger partial charge in [0, 0.05) is 17.8 Å². The molecule has 0 radical (unpaired) electrons. The highest BCUT2D eigenvalue weighted by atomic mass is 16.2. The van der Waals surface area contributed by atoms with Crippen molar-refractivity contribution in [1.29, 1.82) is 0 Å². The summed E-state index contributed by atoms with van der Waals surface area (Å²) in [6, 6.07) is 31.7. The van der Waals surface area contributed by atoms with E-state index in [1.807, 2.05) is 87.5 Å². The zero-order valence-corrected chi connectivity index (χ0v) is 21.1. The lowest BCUT2D eigenvalue weighted by Crippen LogP contribution is -2.31. The number of benzene rings is 4. The lowest BCUT2D eigenvalue weighted by atomic mass is 10.0. The summed E-state index contributed by atoms with van der Waals surface area (Å²) in [7, 11) is 0. The molecule has 4 heteroatoms. The van der Waals surface area contributed by atoms with E-state index in [1.165, 1.54) is 11.1 Å². The van der Waals surface area contributed by atoms with Gasteiger partial charge in [-0.15, -0.1) is 0 Å². The van der Waals surface area contributed by atoms with Crippen LogP contribution in [-0.4, -0.2) is 11.8 Å². The Bertz CT molecular complexity index is 1360. The van der Waals surface area contributed by atoms with Crippen molar-refractivity contribution in [2.24, 2.45) is 0 Å². The quantitative estimate of drug-likeness (QED) is 0.324. The van der Waals surface area contributed by atoms with Gasteiger partial charge in [0.05, 0.1) is 13.0 Å². The van der Waals surface area contributed by atoms with Crippen molar-refractivity contribution in [3.63, 3.8) is 0 Å². The Balaban J connectivity index is 1.55. The average molecular weight is 477 g/mol. The molecule has 0 aliphatic rings. The number of carbonyl (C=O) groups is 2. The van der Waals surface area contributed by atoms with Gasteiger partial charge in [-0.05, 0) is 61.2 Å². The van der Waals surface area contributed by atoms with Crippen LogP contribution in [0, 0.1) is 20.8 Å². The largest absolute Gasteiger partial charge is 0.352 e. The molecule has 0 atom stereocenters. The second kappa shape index (κ2) is 11.5. The molecule has 0 saturated heterocycles. The van der Waals surface area contributed by atoms with Crippen molar-refractivity contribution >= 4 is 17.5 Å². The third kappa shape index (κ3) is 6.48. The third-order valence-corrected chi connectivity index (χ3v) is 6.24. The fourth-order valence-corrected chi connectivity index (χ4v) is 4.22. The minimum atomic E-state index is -0.0604. The Hall–Kier alpha value is -4.18. The van der Waals surface area contributed by atoms with Gasteiger partial charge in [0.25, 0.3) is 5.91 Å². The van der Waals surface area contributed by atoms with Gasteiger partial charge in [-0.3, -0.25) is 9.59 Å². The number of rotatable bonds is 8. The van der Waals surface area contributed by atoms with Crippen molar-refractivity contribution in [2.45, 2.75) is 40.3 Å². The summed E-state index contributed by atoms with van der Waals surface area (Å²) in [5.41, 5.74) is 7.70. The molecule has 4 aromatic rings. The highest BCUT2D eigenvalue weighted by Crippen LogP contribution is 2.23. The zero-order chi connectivity index (χ0) is 25.5. The lowest BCUT2D eigenvalue weighted by Gasteiger charge is -2.24. The molecule has 0 aliphatic heterocycles. The fraction of sp³-hybridized carbons (Fsp3) is 0.188. The standard InChI is InChI=1S/C32H32N2O2/c1-23-14-16-26(17-15-23)22-34(32(36)30-13-5-4-9-25(30)3)29-12-7-10-27(19-29)20-31(35)33-21-28-11-6-8-24(2)18-28/h4-19H,20-22H2,1-3H3,(H,33,35). The van der Waals surface area contributed by atoms with Crippen LogP contribution in [0.5, 0.6) is 0 Å². The highest BCUT2D eigenvalue weighted by Gasteiger charge is 2.20. The molecule has 0 heterocycles. The third-order valence-electron chi connectivity index (χ3n) is 6.24. The molecular formula is C32H32N2O2. The van der Waals surface area contributed by atoms with Gasteiger partial charge in [0.2, 0.25) is 5.91 Å². The van der Waals surface area contributed by atoms with E-state index in [2.05, 4.69) is 35.6 Å². The first kappa shape index (κ1) is 24.9. The van der Waals surface area contributed by atoms with Crippen LogP contribution < -0.4 is 10.2 Å². The minimum absolute atomic E-state index is 0.0519. The van der Waals surface area contributed by atoms with E-state index in [9.17, 15) is 9.59 Å². The molecular weight excluding hydrogens is 444 g/mol. The summed E-state index contributed by atoms with van der Waals surface area (Å²) in [5, 5.41) is 3.01. The van der Waals surface area contributed by atoms with Crippen molar-refractivity contribution in [2.75, 3.05) is 4.90 Å². The van der Waals surface area contributed by atoms with E-state index < -0.39 is 0 Å². The van der Waals surface area contributed by atoms with Crippen LogP contribution in [0.25, 0.3) is 0 Å². The zero-order valence-electron chi connectivity index (χ0n) is 21.1. The fourth-order valence-electron chi connectivity index (χ4n) is 4.22. The molecule has 182 valence electrons.